The van der Waals surface area contributed by atoms with Gasteiger partial charge in [-0.3, -0.25) is 0 Å². The van der Waals surface area contributed by atoms with Gasteiger partial charge in [0.15, 0.2) is 0 Å². The molecule has 0 fully saturated rings. The van der Waals surface area contributed by atoms with Gasteiger partial charge in [-0.15, -0.1) is 0 Å². The molecule has 1 rings (SSSR count). The van der Waals surface area contributed by atoms with Crippen LogP contribution in [-0.4, -0.2) is 5.97 Å². The number of rotatable bonds is 0. The molecule has 0 saturated heterocycles. The Morgan fingerprint density at radius 3 is 2.60 bits per heavy atom. The fraction of sp³-hybridized carbons (Fsp3) is 0. The molecular weight excluding hydrogens is 70.0 g/mol. The van der Waals surface area contributed by atoms with Crippen LogP contribution in [0.25, 0.3) is 0 Å². The Kier molecular flexibility index (Phi) is 0.205. The van der Waals surface area contributed by atoms with E-state index in [2.05, 4.69) is 9.46 Å². The molecule has 1 aliphatic heterocycles. The summed E-state index contributed by atoms with van der Waals surface area (Å²) in [6, 6.07) is 1.61. The van der Waals surface area contributed by atoms with Crippen LogP contribution in [0.3, 0.4) is 0 Å². The minimum atomic E-state index is 0.0602. The maximum atomic E-state index is 7.67. The van der Waals surface area contributed by atoms with Gasteiger partial charge in [0.2, 0.25) is 0 Å². The van der Waals surface area contributed by atoms with Crippen LogP contribution in [0.5, 0.6) is 0 Å². The van der Waals surface area contributed by atoms with Crippen LogP contribution >= 0.6 is 0 Å². The largest absolute Gasteiger partial charge is 0.759 e. The maximum Gasteiger partial charge on any atom is 0.759 e. The Morgan fingerprint density at radius 2 is 2.60 bits per heavy atom. The summed E-state index contributed by atoms with van der Waals surface area (Å²) >= 11 is 0. The van der Waals surface area contributed by atoms with Gasteiger partial charge in [-0.1, -0.05) is 0 Å². The highest BCUT2D eigenvalue weighted by Crippen LogP contribution is 1.85. The van der Waals surface area contributed by atoms with Gasteiger partial charge in [-0.2, -0.15) is 5.26 Å². The Balaban J connectivity index is 2.59. The fourth-order valence-corrected chi connectivity index (χ4v) is 0.0581. The van der Waals surface area contributed by atoms with Crippen LogP contribution in [0.2, 0.25) is 0 Å². The van der Waals surface area contributed by atoms with Crippen LogP contribution in [-0.2, 0) is 9.46 Å². The van der Waals surface area contributed by atoms with Crippen molar-refractivity contribution in [3.8, 4) is 6.07 Å². The van der Waals surface area contributed by atoms with Gasteiger partial charge in [-0.25, -0.2) is 0 Å². The molecule has 0 spiro atoms. The number of hydrogen-bond donors (Lipinski definition) is 0. The van der Waals surface area contributed by atoms with Gasteiger partial charge < -0.3 is 0 Å². The first-order chi connectivity index (χ1) is 2.43. The van der Waals surface area contributed by atoms with E-state index in [-0.39, 0.29) is 5.97 Å². The Morgan fingerprint density at radius 1 is 2.00 bits per heavy atom. The number of nitrogens with zero attached hydrogens (tertiary/aromatic N) is 1. The third-order valence-electron chi connectivity index (χ3n) is 0.258. The van der Waals surface area contributed by atoms with Crippen LogP contribution in [0.15, 0.2) is 0 Å². The Hall–Kier alpha value is -1.04. The van der Waals surface area contributed by atoms with Gasteiger partial charge in [0.25, 0.3) is 6.07 Å². The quantitative estimate of drug-likeness (QED) is 0.219. The van der Waals surface area contributed by atoms with Gasteiger partial charge in [0.1, 0.15) is 0 Å². The van der Waals surface area contributed by atoms with E-state index in [0.717, 1.165) is 0 Å². The molecule has 0 unspecified atom stereocenters. The molecule has 3 heteroatoms. The van der Waals surface area contributed by atoms with Gasteiger partial charge in [0, 0.05) is 0 Å². The van der Waals surface area contributed by atoms with Gasteiger partial charge in [0.05, 0.1) is 9.46 Å². The van der Waals surface area contributed by atoms with Crippen LogP contribution < -0.4 is 0 Å². The zero-order valence-corrected chi connectivity index (χ0v) is 2.26. The minimum absolute atomic E-state index is 0.0602. The summed E-state index contributed by atoms with van der Waals surface area (Å²) in [6.07, 6.45) is 0. The van der Waals surface area contributed by atoms with Crippen molar-refractivity contribution in [1.82, 2.24) is 0 Å². The third-order valence-corrected chi connectivity index (χ3v) is 0.258. The van der Waals surface area contributed by atoms with Crippen LogP contribution in [0.4, 0.5) is 0 Å². The van der Waals surface area contributed by atoms with Crippen molar-refractivity contribution in [2.75, 3.05) is 0 Å². The molecule has 0 aromatic carbocycles. The lowest BCUT2D eigenvalue weighted by molar-refractivity contribution is -0.597. The lowest BCUT2D eigenvalue weighted by Crippen LogP contribution is -1.63. The van der Waals surface area contributed by atoms with Crippen molar-refractivity contribution in [2.45, 2.75) is 0 Å². The second-order valence-corrected chi connectivity index (χ2v) is 0.566. The van der Waals surface area contributed by atoms with Crippen molar-refractivity contribution in [3.63, 3.8) is 0 Å². The molecule has 0 saturated carbocycles. The maximum absolute atomic E-state index is 7.67. The van der Waals surface area contributed by atoms with Crippen molar-refractivity contribution >= 4 is 5.97 Å². The minimum Gasteiger partial charge on any atom is -0.178 e. The van der Waals surface area contributed by atoms with Gasteiger partial charge >= 0.3 is 5.97 Å². The smallest absolute Gasteiger partial charge is 0.178 e. The average Bonchev–Trinajstić information content (AvgIpc) is 2.12. The number of nitriles is 1. The summed E-state index contributed by atoms with van der Waals surface area (Å²) in [4.78, 5) is 3.91. The standard InChI is InChI=1S/C2NO2/c3-1-2-4-5-2/q+1. The fourth-order valence-electron chi connectivity index (χ4n) is 0.0581. The number of carbonyl (C=O) groups excluding carboxylic acids is 1. The molecule has 0 aliphatic carbocycles. The summed E-state index contributed by atoms with van der Waals surface area (Å²) in [5.41, 5.74) is 0. The van der Waals surface area contributed by atoms with E-state index in [1.54, 1.807) is 6.07 Å². The predicted molar refractivity (Wildman–Crippen MR) is 11.7 cm³/mol. The molecule has 0 bridgehead atoms. The molecule has 1 aliphatic rings. The second-order valence-electron chi connectivity index (χ2n) is 0.566. The van der Waals surface area contributed by atoms with E-state index in [1.165, 1.54) is 0 Å². The lowest BCUT2D eigenvalue weighted by Gasteiger charge is -1.11. The monoisotopic (exact) mass is 70.0 g/mol. The SMILES string of the molecule is N#CC1=[O+]O1. The van der Waals surface area contributed by atoms with E-state index in [1.807, 2.05) is 0 Å². The summed E-state index contributed by atoms with van der Waals surface area (Å²) in [5.74, 6) is 0.0602. The highest BCUT2D eigenvalue weighted by molar-refractivity contribution is 5.89. The first-order valence-electron chi connectivity index (χ1n) is 1.05. The summed E-state index contributed by atoms with van der Waals surface area (Å²) < 4.78 is 3.91. The summed E-state index contributed by atoms with van der Waals surface area (Å²) in [7, 11) is 0. The molecule has 3 nitrogen and oxygen atoms in total. The highest BCUT2D eigenvalue weighted by Gasteiger charge is 2.39. The number of hydrogen-bond acceptors (Lipinski definition) is 2. The van der Waals surface area contributed by atoms with Crippen molar-refractivity contribution in [1.29, 1.82) is 5.26 Å². The first-order valence-corrected chi connectivity index (χ1v) is 1.05. The van der Waals surface area contributed by atoms with E-state index in [0.29, 0.717) is 0 Å². The molecule has 0 aromatic rings. The van der Waals surface area contributed by atoms with Crippen molar-refractivity contribution < 1.29 is 9.46 Å². The van der Waals surface area contributed by atoms with Crippen LogP contribution in [0.1, 0.15) is 0 Å². The molecule has 0 N–H and O–H groups in total. The summed E-state index contributed by atoms with van der Waals surface area (Å²) in [6.45, 7) is 0. The van der Waals surface area contributed by atoms with Crippen LogP contribution in [0, 0.1) is 11.3 Å². The van der Waals surface area contributed by atoms with Crippen molar-refractivity contribution in [2.24, 2.45) is 0 Å². The molecule has 5 heavy (non-hydrogen) atoms. The topological polar surface area (TPSA) is 47.6 Å². The van der Waals surface area contributed by atoms with E-state index in [4.69, 9.17) is 5.26 Å². The van der Waals surface area contributed by atoms with E-state index >= 15 is 0 Å². The average molecular weight is 70.0 g/mol. The molecule has 0 aromatic heterocycles. The molecule has 24 valence electrons. The lowest BCUT2D eigenvalue weighted by atomic mass is 10.8. The summed E-state index contributed by atoms with van der Waals surface area (Å²) in [5, 5.41) is 7.67. The highest BCUT2D eigenvalue weighted by atomic mass is 17.3. The van der Waals surface area contributed by atoms with Crippen molar-refractivity contribution in [3.05, 3.63) is 0 Å². The van der Waals surface area contributed by atoms with Gasteiger partial charge in [-0.05, 0) is 0 Å². The van der Waals surface area contributed by atoms with E-state index in [9.17, 15) is 0 Å². The Bertz CT molecular complexity index is 109. The molecule has 0 amide bonds. The first kappa shape index (κ1) is 2.21. The molecular formula is C2NO2+. The predicted octanol–water partition coefficient (Wildman–Crippen LogP) is -0.483. The van der Waals surface area contributed by atoms with E-state index < -0.39 is 0 Å². The third kappa shape index (κ3) is 0.174. The zero-order valence-electron chi connectivity index (χ0n) is 2.26. The molecule has 0 radical (unpaired) electrons. The zero-order chi connectivity index (χ0) is 3.70. The Labute approximate surface area is 28.0 Å². The second kappa shape index (κ2) is 0.462. The normalized spacial score (nSPS) is 14.6. The molecule has 1 heterocycles. The molecule has 0 atom stereocenters.